The number of amides is 3. The van der Waals surface area contributed by atoms with Crippen molar-refractivity contribution in [3.63, 3.8) is 0 Å². The fourth-order valence-corrected chi connectivity index (χ4v) is 10.0. The van der Waals surface area contributed by atoms with Crippen LogP contribution < -0.4 is 25.2 Å². The molecule has 4 aliphatic rings. The van der Waals surface area contributed by atoms with Gasteiger partial charge >= 0.3 is 12.1 Å². The van der Waals surface area contributed by atoms with E-state index >= 15 is 0 Å². The van der Waals surface area contributed by atoms with Crippen molar-refractivity contribution < 1.29 is 43.6 Å². The maximum absolute atomic E-state index is 14.1. The number of piperidine rings is 2. The topological polar surface area (TPSA) is 241 Å². The summed E-state index contributed by atoms with van der Waals surface area (Å²) in [5.74, 6) is -1.91. The number of anilines is 1. The molecule has 18 heteroatoms. The Hall–Kier alpha value is -7.76. The molecule has 4 aliphatic heterocycles. The summed E-state index contributed by atoms with van der Waals surface area (Å²) in [4.78, 5) is 76.0. The van der Waals surface area contributed by atoms with E-state index < -0.39 is 23.9 Å². The van der Waals surface area contributed by atoms with Crippen LogP contribution in [0.3, 0.4) is 0 Å². The Labute approximate surface area is 403 Å². The van der Waals surface area contributed by atoms with E-state index in [0.29, 0.717) is 103 Å². The van der Waals surface area contributed by atoms with Gasteiger partial charge in [-0.25, -0.2) is 9.78 Å². The van der Waals surface area contributed by atoms with Gasteiger partial charge in [-0.05, 0) is 110 Å². The quantitative estimate of drug-likeness (QED) is 0.0594. The molecule has 2 aromatic heterocycles. The number of likely N-dealkylation sites (N-methyl/N-ethyl adjacent to an activating group) is 1. The molecular weight excluding hydrogens is 897 g/mol. The summed E-state index contributed by atoms with van der Waals surface area (Å²) in [5, 5.41) is 42.4. The number of nitrogens with one attached hydrogen (secondary N) is 3. The van der Waals surface area contributed by atoms with Gasteiger partial charge in [0.1, 0.15) is 47.6 Å². The smallest absolute Gasteiger partial charge is 0.415 e. The third-order valence-corrected chi connectivity index (χ3v) is 13.7. The lowest BCUT2D eigenvalue weighted by molar-refractivity contribution is -0.145. The van der Waals surface area contributed by atoms with Crippen LogP contribution in [-0.4, -0.2) is 103 Å². The SMILES string of the molecule is CCNC(=O)C(=N)N(C(=N)c1cc(C(C)C)c(O)cc1O)c1ccc(OC2CCN(C(=O)C3CCCCN3C(=O)Oc3ccc4nc5c(c(CC)c4c3)Cn3c-5cc4c(c3=O)COC(=O)C4)CC2)cc1. The van der Waals surface area contributed by atoms with Gasteiger partial charge in [0.15, 0.2) is 5.84 Å². The van der Waals surface area contributed by atoms with E-state index in [-0.39, 0.29) is 71.9 Å². The molecule has 2 saturated heterocycles. The number of amidine groups is 2. The number of fused-ring (bicyclic) bond motifs is 5. The molecule has 0 radical (unpaired) electrons. The van der Waals surface area contributed by atoms with Gasteiger partial charge < -0.3 is 39.2 Å². The number of hydrogen-bond acceptors (Lipinski definition) is 13. The van der Waals surface area contributed by atoms with Gasteiger partial charge in [-0.15, -0.1) is 0 Å². The Balaban J connectivity index is 0.846. The van der Waals surface area contributed by atoms with E-state index in [9.17, 15) is 34.2 Å². The lowest BCUT2D eigenvalue weighted by atomic mass is 9.98. The number of ether oxygens (including phenoxy) is 3. The van der Waals surface area contributed by atoms with Crippen molar-refractivity contribution >= 4 is 52.1 Å². The predicted molar refractivity (Wildman–Crippen MR) is 260 cm³/mol. The molecule has 1 atom stereocenters. The molecule has 1 unspecified atom stereocenters. The summed E-state index contributed by atoms with van der Waals surface area (Å²) in [7, 11) is 0. The standard InChI is InChI=1S/C52H56N8O10/c1-5-34-36-23-33(14-15-40(36)56-46-38(34)26-59-42(46)21-29-22-45(63)68-27-39(29)50(59)65)70-52(67)58-18-8-7-9-41(58)51(66)57-19-16-32(17-20-57)69-31-12-10-30(11-13-31)60(48(54)49(64)55-6-2)47(53)37-24-35(28(3)4)43(61)25-44(37)62/h10-15,21,23-25,28,32,41,53-54,61-62H,5-9,16-20,22,26-27H2,1-4H3,(H,55,64). The summed E-state index contributed by atoms with van der Waals surface area (Å²) in [5.41, 5.74) is 5.72. The highest BCUT2D eigenvalue weighted by molar-refractivity contribution is 6.48. The van der Waals surface area contributed by atoms with E-state index in [1.165, 1.54) is 11.0 Å². The summed E-state index contributed by atoms with van der Waals surface area (Å²) in [6, 6.07) is 15.7. The normalized spacial score (nSPS) is 16.5. The van der Waals surface area contributed by atoms with Gasteiger partial charge in [-0.2, -0.15) is 0 Å². The molecule has 18 nitrogen and oxygen atoms in total. The maximum atomic E-state index is 14.1. The third kappa shape index (κ3) is 8.89. The number of carbonyl (C=O) groups excluding carboxylic acids is 4. The van der Waals surface area contributed by atoms with Crippen molar-refractivity contribution in [2.75, 3.05) is 31.1 Å². The molecule has 0 bridgehead atoms. The first-order valence-corrected chi connectivity index (χ1v) is 23.9. The monoisotopic (exact) mass is 952 g/mol. The number of nitrogens with zero attached hydrogens (tertiary/aromatic N) is 5. The lowest BCUT2D eigenvalue weighted by Crippen LogP contribution is -2.55. The molecule has 0 spiro atoms. The Bertz CT molecular complexity index is 3030. The first-order chi connectivity index (χ1) is 33.6. The molecule has 3 amide bonds. The number of phenols is 2. The summed E-state index contributed by atoms with van der Waals surface area (Å²) >= 11 is 0. The minimum atomic E-state index is -0.717. The average Bonchev–Trinajstić information content (AvgIpc) is 3.71. The van der Waals surface area contributed by atoms with Crippen LogP contribution in [0, 0.1) is 10.8 Å². The predicted octanol–water partition coefficient (Wildman–Crippen LogP) is 6.49. The molecule has 364 valence electrons. The largest absolute Gasteiger partial charge is 0.508 e. The molecule has 6 heterocycles. The molecule has 0 saturated carbocycles. The first kappa shape index (κ1) is 47.3. The second-order valence-electron chi connectivity index (χ2n) is 18.4. The fourth-order valence-electron chi connectivity index (χ4n) is 10.0. The molecule has 5 aromatic rings. The molecule has 70 heavy (non-hydrogen) atoms. The van der Waals surface area contributed by atoms with Crippen LogP contribution in [0.5, 0.6) is 23.0 Å². The number of phenolic OH excluding ortho intramolecular Hbond substituents is 2. The van der Waals surface area contributed by atoms with E-state index in [4.69, 9.17) is 30.0 Å². The lowest BCUT2D eigenvalue weighted by Gasteiger charge is -2.39. The van der Waals surface area contributed by atoms with Crippen molar-refractivity contribution in [3.05, 3.63) is 104 Å². The summed E-state index contributed by atoms with van der Waals surface area (Å²) < 4.78 is 19.2. The Morgan fingerprint density at radius 2 is 1.66 bits per heavy atom. The van der Waals surface area contributed by atoms with Crippen LogP contribution in [0.1, 0.15) is 99.1 Å². The molecule has 2 fully saturated rings. The zero-order chi connectivity index (χ0) is 49.5. The van der Waals surface area contributed by atoms with Crippen LogP contribution in [0.25, 0.3) is 22.3 Å². The van der Waals surface area contributed by atoms with Crippen molar-refractivity contribution in [2.45, 2.75) is 104 Å². The van der Waals surface area contributed by atoms with E-state index in [2.05, 4.69) is 5.32 Å². The van der Waals surface area contributed by atoms with Gasteiger partial charge in [-0.3, -0.25) is 39.8 Å². The van der Waals surface area contributed by atoms with Gasteiger partial charge in [0.25, 0.3) is 11.5 Å². The number of aromatic hydroxyl groups is 2. The molecular formula is C52H56N8O10. The van der Waals surface area contributed by atoms with Crippen LogP contribution >= 0.6 is 0 Å². The minimum absolute atomic E-state index is 0.0341. The van der Waals surface area contributed by atoms with Gasteiger partial charge in [0.05, 0.1) is 41.0 Å². The van der Waals surface area contributed by atoms with Crippen molar-refractivity contribution in [1.82, 2.24) is 24.7 Å². The van der Waals surface area contributed by atoms with Gasteiger partial charge in [-0.1, -0.05) is 20.8 Å². The van der Waals surface area contributed by atoms with Crippen LogP contribution in [-0.2, 0) is 45.1 Å². The first-order valence-electron chi connectivity index (χ1n) is 23.9. The number of benzene rings is 3. The van der Waals surface area contributed by atoms with Gasteiger partial charge in [0.2, 0.25) is 5.91 Å². The Morgan fingerprint density at radius 1 is 0.914 bits per heavy atom. The maximum Gasteiger partial charge on any atom is 0.415 e. The van der Waals surface area contributed by atoms with Gasteiger partial charge in [0, 0.05) is 61.7 Å². The highest BCUT2D eigenvalue weighted by atomic mass is 16.6. The number of rotatable bonds is 9. The number of esters is 1. The average molecular weight is 953 g/mol. The fraction of sp³-hybridized carbons (Fsp3) is 0.385. The van der Waals surface area contributed by atoms with Crippen molar-refractivity contribution in [3.8, 4) is 34.4 Å². The number of likely N-dealkylation sites (tertiary alicyclic amines) is 2. The van der Waals surface area contributed by atoms with Crippen LogP contribution in [0.4, 0.5) is 10.5 Å². The van der Waals surface area contributed by atoms with Crippen LogP contribution in [0.2, 0.25) is 0 Å². The van der Waals surface area contributed by atoms with E-state index in [1.54, 1.807) is 58.9 Å². The molecule has 3 aromatic carbocycles. The molecule has 9 rings (SSSR count). The Morgan fingerprint density at radius 3 is 2.37 bits per heavy atom. The number of aromatic nitrogens is 2. The van der Waals surface area contributed by atoms with E-state index in [1.807, 2.05) is 26.8 Å². The van der Waals surface area contributed by atoms with Crippen molar-refractivity contribution in [1.29, 1.82) is 10.8 Å². The number of pyridine rings is 2. The van der Waals surface area contributed by atoms with E-state index in [0.717, 1.165) is 40.3 Å². The number of cyclic esters (lactones) is 1. The highest BCUT2D eigenvalue weighted by Crippen LogP contribution is 2.39. The highest BCUT2D eigenvalue weighted by Gasteiger charge is 2.38. The van der Waals surface area contributed by atoms with Crippen LogP contribution in [0.15, 0.2) is 65.5 Å². The molecule has 0 aliphatic carbocycles. The molecule has 5 N–H and O–H groups in total. The number of hydrogen-bond donors (Lipinski definition) is 5. The third-order valence-electron chi connectivity index (χ3n) is 13.7. The zero-order valence-electron chi connectivity index (χ0n) is 39.6. The minimum Gasteiger partial charge on any atom is -0.508 e. The van der Waals surface area contributed by atoms with Crippen molar-refractivity contribution in [2.24, 2.45) is 0 Å². The summed E-state index contributed by atoms with van der Waals surface area (Å²) in [6.45, 7) is 9.20. The summed E-state index contributed by atoms with van der Waals surface area (Å²) in [6.07, 6.45) is 2.92. The number of carbonyl (C=O) groups is 4. The zero-order valence-corrected chi connectivity index (χ0v) is 39.6. The second kappa shape index (κ2) is 19.3. The second-order valence-corrected chi connectivity index (χ2v) is 18.4. The number of aryl methyl sites for hydroxylation is 1. The Kier molecular flexibility index (Phi) is 13.1.